The maximum atomic E-state index is 14.2. The third-order valence-corrected chi connectivity index (χ3v) is 4.29. The molecule has 0 saturated heterocycles. The lowest BCUT2D eigenvalue weighted by atomic mass is 9.79. The number of halogens is 1. The Kier molecular flexibility index (Phi) is 4.99. The van der Waals surface area contributed by atoms with Gasteiger partial charge >= 0.3 is 0 Å². The number of allylic oxidation sites excluding steroid dienone is 1. The van der Waals surface area contributed by atoms with Crippen LogP contribution in [0.2, 0.25) is 0 Å². The minimum absolute atomic E-state index is 0.0216. The summed E-state index contributed by atoms with van der Waals surface area (Å²) in [6, 6.07) is 9.80. The monoisotopic (exact) mass is 329 g/mol. The van der Waals surface area contributed by atoms with Gasteiger partial charge in [-0.3, -0.25) is 4.79 Å². The first-order valence-corrected chi connectivity index (χ1v) is 7.51. The molecule has 1 aliphatic rings. The molecule has 1 aromatic carbocycles. The zero-order chi connectivity index (χ0) is 17.0. The van der Waals surface area contributed by atoms with Gasteiger partial charge in [0.15, 0.2) is 0 Å². The molecule has 1 heterocycles. The lowest BCUT2D eigenvalue weighted by molar-refractivity contribution is -0.115. The summed E-state index contributed by atoms with van der Waals surface area (Å²) < 4.78 is 14.2. The van der Waals surface area contributed by atoms with Crippen LogP contribution in [0.25, 0.3) is 0 Å². The van der Waals surface area contributed by atoms with Crippen molar-refractivity contribution in [3.63, 3.8) is 0 Å². The fraction of sp³-hybridized carbons (Fsp3) is 0.200. The molecule has 0 saturated carbocycles. The molecule has 23 heavy (non-hydrogen) atoms. The SMILES string of the molecule is N#CC1=C(SCC(N)=O)N=C(N)C(C#N)C1c1ccccc1F. The summed E-state index contributed by atoms with van der Waals surface area (Å²) in [7, 11) is 0. The van der Waals surface area contributed by atoms with E-state index in [1.165, 1.54) is 18.2 Å². The number of nitrogens with zero attached hydrogens (tertiary/aromatic N) is 3. The van der Waals surface area contributed by atoms with Crippen molar-refractivity contribution in [3.8, 4) is 12.1 Å². The van der Waals surface area contributed by atoms with Gasteiger partial charge in [0.2, 0.25) is 5.91 Å². The van der Waals surface area contributed by atoms with Crippen LogP contribution in [0.4, 0.5) is 4.39 Å². The molecule has 1 aromatic rings. The van der Waals surface area contributed by atoms with E-state index < -0.39 is 23.6 Å². The largest absolute Gasteiger partial charge is 0.386 e. The number of rotatable bonds is 4. The van der Waals surface area contributed by atoms with Crippen molar-refractivity contribution in [3.05, 3.63) is 46.2 Å². The van der Waals surface area contributed by atoms with Crippen LogP contribution in [-0.2, 0) is 4.79 Å². The van der Waals surface area contributed by atoms with Crippen molar-refractivity contribution >= 4 is 23.5 Å². The van der Waals surface area contributed by atoms with Crippen LogP contribution < -0.4 is 11.5 Å². The summed E-state index contributed by atoms with van der Waals surface area (Å²) in [5.74, 6) is -3.08. The van der Waals surface area contributed by atoms with Crippen molar-refractivity contribution in [2.45, 2.75) is 5.92 Å². The second-order valence-corrected chi connectivity index (χ2v) is 5.69. The van der Waals surface area contributed by atoms with E-state index in [0.717, 1.165) is 11.8 Å². The molecule has 8 heteroatoms. The number of nitrogens with two attached hydrogens (primary N) is 2. The smallest absolute Gasteiger partial charge is 0.227 e. The van der Waals surface area contributed by atoms with Crippen LogP contribution in [0.15, 0.2) is 39.9 Å². The number of amidine groups is 1. The van der Waals surface area contributed by atoms with E-state index in [2.05, 4.69) is 4.99 Å². The third kappa shape index (κ3) is 3.33. The van der Waals surface area contributed by atoms with E-state index in [-0.39, 0.29) is 27.8 Å². The fourth-order valence-corrected chi connectivity index (χ4v) is 3.06. The maximum absolute atomic E-state index is 14.2. The number of primary amides is 1. The molecule has 4 N–H and O–H groups in total. The molecule has 0 spiro atoms. The van der Waals surface area contributed by atoms with Gasteiger partial charge in [-0.25, -0.2) is 9.38 Å². The second-order valence-electron chi connectivity index (χ2n) is 4.73. The van der Waals surface area contributed by atoms with E-state index in [1.54, 1.807) is 6.07 Å². The van der Waals surface area contributed by atoms with E-state index >= 15 is 0 Å². The number of thioether (sulfide) groups is 1. The number of hydrogen-bond donors (Lipinski definition) is 2. The van der Waals surface area contributed by atoms with Crippen LogP contribution >= 0.6 is 11.8 Å². The molecule has 0 aromatic heterocycles. The van der Waals surface area contributed by atoms with Crippen molar-refractivity contribution in [2.75, 3.05) is 5.75 Å². The Morgan fingerprint density at radius 3 is 2.65 bits per heavy atom. The summed E-state index contributed by atoms with van der Waals surface area (Å²) in [6.45, 7) is 0. The van der Waals surface area contributed by atoms with E-state index in [9.17, 15) is 19.7 Å². The van der Waals surface area contributed by atoms with E-state index in [4.69, 9.17) is 11.5 Å². The van der Waals surface area contributed by atoms with Crippen LogP contribution in [0, 0.1) is 34.4 Å². The molecule has 1 aliphatic heterocycles. The summed E-state index contributed by atoms with van der Waals surface area (Å²) in [6.07, 6.45) is 0. The average molecular weight is 329 g/mol. The highest BCUT2D eigenvalue weighted by molar-refractivity contribution is 8.03. The molecular weight excluding hydrogens is 317 g/mol. The summed E-state index contributed by atoms with van der Waals surface area (Å²) >= 11 is 0.942. The quantitative estimate of drug-likeness (QED) is 0.862. The van der Waals surface area contributed by atoms with Gasteiger partial charge in [-0.05, 0) is 11.6 Å². The van der Waals surface area contributed by atoms with Gasteiger partial charge in [0.25, 0.3) is 0 Å². The Bertz CT molecular complexity index is 790. The molecular formula is C15H12FN5OS. The number of nitriles is 2. The lowest BCUT2D eigenvalue weighted by Crippen LogP contribution is -2.32. The van der Waals surface area contributed by atoms with Crippen molar-refractivity contribution in [1.82, 2.24) is 0 Å². The first kappa shape index (κ1) is 16.5. The first-order valence-electron chi connectivity index (χ1n) is 6.53. The van der Waals surface area contributed by atoms with Crippen LogP contribution in [0.1, 0.15) is 11.5 Å². The number of carbonyl (C=O) groups excluding carboxylic acids is 1. The van der Waals surface area contributed by atoms with Crippen LogP contribution in [-0.4, -0.2) is 17.5 Å². The van der Waals surface area contributed by atoms with Crippen molar-refractivity contribution in [2.24, 2.45) is 22.4 Å². The van der Waals surface area contributed by atoms with E-state index in [1.807, 2.05) is 12.1 Å². The van der Waals surface area contributed by atoms with Crippen molar-refractivity contribution in [1.29, 1.82) is 10.5 Å². The fourth-order valence-electron chi connectivity index (χ4n) is 2.29. The van der Waals surface area contributed by atoms with Gasteiger partial charge in [-0.1, -0.05) is 30.0 Å². The molecule has 0 fully saturated rings. The topological polar surface area (TPSA) is 129 Å². The van der Waals surface area contributed by atoms with Gasteiger partial charge in [-0.2, -0.15) is 10.5 Å². The zero-order valence-electron chi connectivity index (χ0n) is 11.9. The Hall–Kier alpha value is -2.84. The van der Waals surface area contributed by atoms with Gasteiger partial charge in [0.1, 0.15) is 22.6 Å². The Morgan fingerprint density at radius 2 is 2.09 bits per heavy atom. The maximum Gasteiger partial charge on any atom is 0.227 e. The number of carbonyl (C=O) groups is 1. The van der Waals surface area contributed by atoms with Gasteiger partial charge in [-0.15, -0.1) is 0 Å². The number of aliphatic imine (C=N–C) groups is 1. The number of amides is 1. The highest BCUT2D eigenvalue weighted by Gasteiger charge is 2.37. The molecule has 116 valence electrons. The normalized spacial score (nSPS) is 20.4. The zero-order valence-corrected chi connectivity index (χ0v) is 12.7. The number of hydrogen-bond acceptors (Lipinski definition) is 6. The van der Waals surface area contributed by atoms with Crippen molar-refractivity contribution < 1.29 is 9.18 Å². The van der Waals surface area contributed by atoms with E-state index in [0.29, 0.717) is 0 Å². The molecule has 2 unspecified atom stereocenters. The molecule has 2 rings (SSSR count). The number of benzene rings is 1. The van der Waals surface area contributed by atoms with Gasteiger partial charge in [0.05, 0.1) is 23.5 Å². The molecule has 1 amide bonds. The summed E-state index contributed by atoms with van der Waals surface area (Å²) in [4.78, 5) is 15.0. The Balaban J connectivity index is 2.58. The first-order chi connectivity index (χ1) is 11.0. The summed E-state index contributed by atoms with van der Waals surface area (Å²) in [5, 5.41) is 19.0. The highest BCUT2D eigenvalue weighted by Crippen LogP contribution is 2.41. The molecule has 6 nitrogen and oxygen atoms in total. The van der Waals surface area contributed by atoms with Gasteiger partial charge < -0.3 is 11.5 Å². The average Bonchev–Trinajstić information content (AvgIpc) is 2.52. The molecule has 2 atom stereocenters. The summed E-state index contributed by atoms with van der Waals surface area (Å²) in [5.41, 5.74) is 11.2. The highest BCUT2D eigenvalue weighted by atomic mass is 32.2. The Labute approximate surface area is 136 Å². The van der Waals surface area contributed by atoms with Crippen LogP contribution in [0.3, 0.4) is 0 Å². The second kappa shape index (κ2) is 6.95. The minimum Gasteiger partial charge on any atom is -0.386 e. The molecule has 0 radical (unpaired) electrons. The molecule has 0 bridgehead atoms. The lowest BCUT2D eigenvalue weighted by Gasteiger charge is -2.27. The van der Waals surface area contributed by atoms with Crippen LogP contribution in [0.5, 0.6) is 0 Å². The Morgan fingerprint density at radius 1 is 1.39 bits per heavy atom. The third-order valence-electron chi connectivity index (χ3n) is 3.28. The van der Waals surface area contributed by atoms with Gasteiger partial charge in [0, 0.05) is 5.92 Å². The molecule has 0 aliphatic carbocycles. The minimum atomic E-state index is -0.959. The predicted molar refractivity (Wildman–Crippen MR) is 84.2 cm³/mol. The standard InChI is InChI=1S/C15H12FN5OS/c16-11-4-2-1-3-8(11)13-9(5-17)14(20)21-15(10(13)6-18)23-7-12(19)22/h1-4,9,13H,7H2,(H2,19,22)(H2,20,21). The predicted octanol–water partition coefficient (Wildman–Crippen LogP) is 1.37.